The summed E-state index contributed by atoms with van der Waals surface area (Å²) in [6, 6.07) is 18.7. The van der Waals surface area contributed by atoms with Crippen molar-refractivity contribution in [3.05, 3.63) is 77.9 Å². The molecule has 0 saturated carbocycles. The third-order valence-electron chi connectivity index (χ3n) is 3.50. The molecule has 0 bridgehead atoms. The maximum Gasteiger partial charge on any atom is 0.0314 e. The number of anilines is 1. The Morgan fingerprint density at radius 2 is 1.53 bits per heavy atom. The predicted molar refractivity (Wildman–Crippen MR) is 82.5 cm³/mol. The van der Waals surface area contributed by atoms with Gasteiger partial charge in [0.1, 0.15) is 0 Å². The Kier molecular flexibility index (Phi) is 3.20. The van der Waals surface area contributed by atoms with Crippen molar-refractivity contribution in [1.82, 2.24) is 0 Å². The van der Waals surface area contributed by atoms with E-state index in [1.807, 2.05) is 12.1 Å². The Morgan fingerprint density at radius 3 is 2.26 bits per heavy atom. The number of benzene rings is 2. The van der Waals surface area contributed by atoms with Gasteiger partial charge in [-0.15, -0.1) is 0 Å². The van der Waals surface area contributed by atoms with Crippen molar-refractivity contribution in [3.63, 3.8) is 0 Å². The molecule has 0 atom stereocenters. The van der Waals surface area contributed by atoms with Gasteiger partial charge in [0.25, 0.3) is 0 Å². The van der Waals surface area contributed by atoms with Crippen LogP contribution in [0, 0.1) is 0 Å². The van der Waals surface area contributed by atoms with Crippen molar-refractivity contribution in [1.29, 1.82) is 0 Å². The van der Waals surface area contributed by atoms with Crippen molar-refractivity contribution in [2.75, 3.05) is 5.73 Å². The highest BCUT2D eigenvalue weighted by atomic mass is 14.5. The number of nitrogens with two attached hydrogens (primary N) is 1. The van der Waals surface area contributed by atoms with Crippen LogP contribution in [0.15, 0.2) is 66.7 Å². The van der Waals surface area contributed by atoms with Crippen LogP contribution in [0.25, 0.3) is 11.1 Å². The fourth-order valence-corrected chi connectivity index (χ4v) is 2.46. The zero-order valence-electron chi connectivity index (χ0n) is 10.8. The summed E-state index contributed by atoms with van der Waals surface area (Å²) < 4.78 is 0. The quantitative estimate of drug-likeness (QED) is 0.775. The molecule has 0 aliphatic heterocycles. The minimum atomic E-state index is 0.812. The van der Waals surface area contributed by atoms with Gasteiger partial charge in [-0.25, -0.2) is 0 Å². The van der Waals surface area contributed by atoms with E-state index >= 15 is 0 Å². The molecule has 0 radical (unpaired) electrons. The number of rotatable bonds is 2. The molecule has 2 aromatic rings. The third kappa shape index (κ3) is 2.60. The van der Waals surface area contributed by atoms with Crippen LogP contribution in [-0.4, -0.2) is 0 Å². The smallest absolute Gasteiger partial charge is 0.0314 e. The molecule has 94 valence electrons. The van der Waals surface area contributed by atoms with Gasteiger partial charge in [0, 0.05) is 5.69 Å². The van der Waals surface area contributed by atoms with Crippen LogP contribution in [0.2, 0.25) is 0 Å². The topological polar surface area (TPSA) is 26.0 Å². The number of allylic oxidation sites excluding steroid dienone is 4. The van der Waals surface area contributed by atoms with Gasteiger partial charge in [0.05, 0.1) is 0 Å². The monoisotopic (exact) mass is 247 g/mol. The largest absolute Gasteiger partial charge is 0.399 e. The maximum absolute atomic E-state index is 5.74. The van der Waals surface area contributed by atoms with E-state index in [0.29, 0.717) is 0 Å². The predicted octanol–water partition coefficient (Wildman–Crippen LogP) is 4.53. The average molecular weight is 247 g/mol. The molecule has 0 fully saturated rings. The minimum Gasteiger partial charge on any atom is -0.399 e. The SMILES string of the molecule is Nc1ccc(C2=CCCC(c3ccccc3)=C2)cc1. The van der Waals surface area contributed by atoms with Gasteiger partial charge in [0.2, 0.25) is 0 Å². The van der Waals surface area contributed by atoms with Crippen molar-refractivity contribution in [2.45, 2.75) is 12.8 Å². The summed E-state index contributed by atoms with van der Waals surface area (Å²) in [5, 5.41) is 0. The Hall–Kier alpha value is -2.28. The van der Waals surface area contributed by atoms with Crippen LogP contribution in [0.4, 0.5) is 5.69 Å². The lowest BCUT2D eigenvalue weighted by molar-refractivity contribution is 1.06. The fourth-order valence-electron chi connectivity index (χ4n) is 2.46. The highest BCUT2D eigenvalue weighted by Crippen LogP contribution is 2.31. The van der Waals surface area contributed by atoms with Gasteiger partial charge in [-0.3, -0.25) is 0 Å². The molecule has 1 nitrogen and oxygen atoms in total. The number of hydrogen-bond acceptors (Lipinski definition) is 1. The van der Waals surface area contributed by atoms with Gasteiger partial charge >= 0.3 is 0 Å². The molecule has 3 rings (SSSR count). The Balaban J connectivity index is 1.94. The standard InChI is InChI=1S/C18H17N/c19-18-11-9-15(10-12-18)17-8-4-7-16(13-17)14-5-2-1-3-6-14/h1-3,5-6,8-13H,4,7,19H2. The van der Waals surface area contributed by atoms with Gasteiger partial charge < -0.3 is 5.73 Å². The van der Waals surface area contributed by atoms with Gasteiger partial charge in [0.15, 0.2) is 0 Å². The lowest BCUT2D eigenvalue weighted by Gasteiger charge is -2.14. The van der Waals surface area contributed by atoms with Gasteiger partial charge in [-0.05, 0) is 47.2 Å². The van der Waals surface area contributed by atoms with E-state index in [0.717, 1.165) is 18.5 Å². The summed E-state index contributed by atoms with van der Waals surface area (Å²) >= 11 is 0. The Morgan fingerprint density at radius 1 is 0.789 bits per heavy atom. The number of nitrogen functional groups attached to an aromatic ring is 1. The van der Waals surface area contributed by atoms with Crippen LogP contribution < -0.4 is 5.73 Å². The normalized spacial score (nSPS) is 14.7. The van der Waals surface area contributed by atoms with E-state index in [9.17, 15) is 0 Å². The molecular weight excluding hydrogens is 230 g/mol. The van der Waals surface area contributed by atoms with Gasteiger partial charge in [-0.1, -0.05) is 54.6 Å². The summed E-state index contributed by atoms with van der Waals surface area (Å²) in [6.07, 6.45) is 6.81. The summed E-state index contributed by atoms with van der Waals surface area (Å²) in [5.41, 5.74) is 11.8. The van der Waals surface area contributed by atoms with E-state index in [2.05, 4.69) is 54.6 Å². The van der Waals surface area contributed by atoms with Crippen molar-refractivity contribution in [2.24, 2.45) is 0 Å². The van der Waals surface area contributed by atoms with Crippen LogP contribution in [-0.2, 0) is 0 Å². The first kappa shape index (κ1) is 11.8. The Labute approximate surface area is 114 Å². The molecule has 1 aliphatic carbocycles. The van der Waals surface area contributed by atoms with Crippen LogP contribution >= 0.6 is 0 Å². The fraction of sp³-hybridized carbons (Fsp3) is 0.111. The molecule has 0 unspecified atom stereocenters. The van der Waals surface area contributed by atoms with E-state index < -0.39 is 0 Å². The Bertz CT molecular complexity index is 618. The zero-order valence-corrected chi connectivity index (χ0v) is 10.8. The van der Waals surface area contributed by atoms with Crippen molar-refractivity contribution in [3.8, 4) is 0 Å². The van der Waals surface area contributed by atoms with E-state index in [-0.39, 0.29) is 0 Å². The first-order valence-electron chi connectivity index (χ1n) is 6.65. The first-order valence-corrected chi connectivity index (χ1v) is 6.65. The van der Waals surface area contributed by atoms with Crippen LogP contribution in [0.1, 0.15) is 24.0 Å². The molecular formula is C18H17N. The average Bonchev–Trinajstić information content (AvgIpc) is 2.49. The highest BCUT2D eigenvalue weighted by Gasteiger charge is 2.08. The van der Waals surface area contributed by atoms with E-state index in [4.69, 9.17) is 5.73 Å². The van der Waals surface area contributed by atoms with Crippen molar-refractivity contribution < 1.29 is 0 Å². The second kappa shape index (κ2) is 5.15. The minimum absolute atomic E-state index is 0.812. The third-order valence-corrected chi connectivity index (χ3v) is 3.50. The molecule has 0 saturated heterocycles. The number of hydrogen-bond donors (Lipinski definition) is 1. The molecule has 0 aromatic heterocycles. The molecule has 0 spiro atoms. The van der Waals surface area contributed by atoms with Gasteiger partial charge in [-0.2, -0.15) is 0 Å². The molecule has 0 amide bonds. The first-order chi connectivity index (χ1) is 9.33. The molecule has 0 heterocycles. The second-order valence-corrected chi connectivity index (χ2v) is 4.86. The summed E-state index contributed by atoms with van der Waals surface area (Å²) in [7, 11) is 0. The maximum atomic E-state index is 5.74. The molecule has 2 aromatic carbocycles. The highest BCUT2D eigenvalue weighted by molar-refractivity contribution is 5.86. The summed E-state index contributed by atoms with van der Waals surface area (Å²) in [6.45, 7) is 0. The lowest BCUT2D eigenvalue weighted by atomic mass is 9.91. The lowest BCUT2D eigenvalue weighted by Crippen LogP contribution is -1.93. The van der Waals surface area contributed by atoms with Crippen LogP contribution in [0.5, 0.6) is 0 Å². The van der Waals surface area contributed by atoms with E-state index in [1.165, 1.54) is 22.3 Å². The zero-order chi connectivity index (χ0) is 13.1. The molecule has 2 N–H and O–H groups in total. The van der Waals surface area contributed by atoms with E-state index in [1.54, 1.807) is 0 Å². The molecule has 1 aliphatic rings. The summed E-state index contributed by atoms with van der Waals surface area (Å²) in [4.78, 5) is 0. The molecule has 1 heteroatoms. The second-order valence-electron chi connectivity index (χ2n) is 4.86. The van der Waals surface area contributed by atoms with Crippen LogP contribution in [0.3, 0.4) is 0 Å². The molecule has 19 heavy (non-hydrogen) atoms. The van der Waals surface area contributed by atoms with Crippen molar-refractivity contribution >= 4 is 16.8 Å². The summed E-state index contributed by atoms with van der Waals surface area (Å²) in [5.74, 6) is 0.